The Morgan fingerprint density at radius 1 is 1.04 bits per heavy atom. The summed E-state index contributed by atoms with van der Waals surface area (Å²) < 4.78 is 26.6. The van der Waals surface area contributed by atoms with Gasteiger partial charge in [-0.1, -0.05) is 42.5 Å². The zero-order valence-corrected chi connectivity index (χ0v) is 18.5. The Morgan fingerprint density at radius 2 is 1.71 bits per heavy atom. The number of anilines is 1. The molecule has 1 saturated heterocycles. The summed E-state index contributed by atoms with van der Waals surface area (Å²) >= 11 is 5.02. The van der Waals surface area contributed by atoms with Crippen molar-refractivity contribution in [1.82, 2.24) is 4.98 Å². The number of rotatable bonds is 5. The van der Waals surface area contributed by atoms with Crippen molar-refractivity contribution in [2.75, 3.05) is 18.0 Å². The standard InChI is InChI=1S/C21H21BrN2O2S2/c22-19-8-4-5-9-20(19)28(25,26)18-10-12-24(13-11-18)21-23-17(15-27-21)14-16-6-2-1-3-7-16/h1-9,15,18H,10-14H2. The quantitative estimate of drug-likeness (QED) is 0.523. The molecule has 0 spiro atoms. The summed E-state index contributed by atoms with van der Waals surface area (Å²) in [7, 11) is -3.32. The highest BCUT2D eigenvalue weighted by Crippen LogP contribution is 2.32. The molecule has 1 aromatic heterocycles. The zero-order chi connectivity index (χ0) is 19.6. The van der Waals surface area contributed by atoms with E-state index in [9.17, 15) is 8.42 Å². The van der Waals surface area contributed by atoms with Gasteiger partial charge in [0.2, 0.25) is 0 Å². The van der Waals surface area contributed by atoms with Gasteiger partial charge in [-0.25, -0.2) is 13.4 Å². The second kappa shape index (κ2) is 8.35. The fourth-order valence-corrected chi connectivity index (χ4v) is 7.18. The van der Waals surface area contributed by atoms with Crippen molar-refractivity contribution >= 4 is 42.2 Å². The Labute approximate surface area is 178 Å². The van der Waals surface area contributed by atoms with E-state index in [1.54, 1.807) is 29.5 Å². The first-order chi connectivity index (χ1) is 13.5. The molecule has 2 heterocycles. The lowest BCUT2D eigenvalue weighted by Gasteiger charge is -2.31. The van der Waals surface area contributed by atoms with Crippen molar-refractivity contribution in [3.63, 3.8) is 0 Å². The predicted octanol–water partition coefficient (Wildman–Crippen LogP) is 4.94. The topological polar surface area (TPSA) is 50.3 Å². The third-order valence-corrected chi connectivity index (χ3v) is 9.28. The Bertz CT molecular complexity index is 1040. The third-order valence-electron chi connectivity index (χ3n) is 5.06. The van der Waals surface area contributed by atoms with Crippen LogP contribution in [-0.2, 0) is 16.3 Å². The molecule has 7 heteroatoms. The van der Waals surface area contributed by atoms with Crippen LogP contribution in [0, 0.1) is 0 Å². The van der Waals surface area contributed by atoms with E-state index in [4.69, 9.17) is 4.98 Å². The Balaban J connectivity index is 1.41. The molecule has 1 aliphatic rings. The molecule has 0 N–H and O–H groups in total. The molecule has 0 atom stereocenters. The first-order valence-electron chi connectivity index (χ1n) is 9.26. The van der Waals surface area contributed by atoms with Gasteiger partial charge in [0.15, 0.2) is 15.0 Å². The minimum absolute atomic E-state index is 0.341. The molecule has 1 aliphatic heterocycles. The van der Waals surface area contributed by atoms with Crippen LogP contribution >= 0.6 is 27.3 Å². The van der Waals surface area contributed by atoms with Crippen molar-refractivity contribution in [3.8, 4) is 0 Å². The summed E-state index contributed by atoms with van der Waals surface area (Å²) in [5, 5.41) is 2.75. The molecule has 0 amide bonds. The minimum Gasteiger partial charge on any atom is -0.348 e. The van der Waals surface area contributed by atoms with Gasteiger partial charge >= 0.3 is 0 Å². The number of benzene rings is 2. The van der Waals surface area contributed by atoms with Crippen LogP contribution in [0.1, 0.15) is 24.1 Å². The smallest absolute Gasteiger partial charge is 0.185 e. The lowest BCUT2D eigenvalue weighted by molar-refractivity contribution is 0.529. The lowest BCUT2D eigenvalue weighted by atomic mass is 10.1. The number of halogens is 1. The van der Waals surface area contributed by atoms with Gasteiger partial charge in [-0.2, -0.15) is 0 Å². The molecule has 0 unspecified atom stereocenters. The zero-order valence-electron chi connectivity index (χ0n) is 15.3. The molecule has 0 radical (unpaired) electrons. The van der Waals surface area contributed by atoms with Crippen molar-refractivity contribution < 1.29 is 8.42 Å². The van der Waals surface area contributed by atoms with E-state index in [0.29, 0.717) is 35.3 Å². The van der Waals surface area contributed by atoms with E-state index in [0.717, 1.165) is 17.2 Å². The van der Waals surface area contributed by atoms with Crippen LogP contribution < -0.4 is 4.90 Å². The molecule has 4 rings (SSSR count). The number of hydrogen-bond acceptors (Lipinski definition) is 5. The van der Waals surface area contributed by atoms with Gasteiger partial charge in [0.1, 0.15) is 0 Å². The molecule has 28 heavy (non-hydrogen) atoms. The molecule has 3 aromatic rings. The van der Waals surface area contributed by atoms with Gasteiger partial charge in [0, 0.05) is 29.4 Å². The first-order valence-corrected chi connectivity index (χ1v) is 12.5. The van der Waals surface area contributed by atoms with Crippen LogP contribution in [0.25, 0.3) is 0 Å². The van der Waals surface area contributed by atoms with Gasteiger partial charge in [0.05, 0.1) is 15.8 Å². The molecule has 4 nitrogen and oxygen atoms in total. The summed E-state index contributed by atoms with van der Waals surface area (Å²) in [6.45, 7) is 1.43. The average Bonchev–Trinajstić information content (AvgIpc) is 3.17. The Morgan fingerprint density at radius 3 is 2.43 bits per heavy atom. The van der Waals surface area contributed by atoms with Crippen molar-refractivity contribution in [2.24, 2.45) is 0 Å². The highest BCUT2D eigenvalue weighted by atomic mass is 79.9. The molecule has 1 fully saturated rings. The van der Waals surface area contributed by atoms with Gasteiger partial charge in [-0.15, -0.1) is 11.3 Å². The van der Waals surface area contributed by atoms with E-state index < -0.39 is 9.84 Å². The van der Waals surface area contributed by atoms with Gasteiger partial charge in [-0.05, 0) is 46.5 Å². The molecular weight excluding hydrogens is 456 g/mol. The number of piperidine rings is 1. The molecule has 146 valence electrons. The summed E-state index contributed by atoms with van der Waals surface area (Å²) in [6.07, 6.45) is 2.07. The van der Waals surface area contributed by atoms with Crippen LogP contribution in [0.3, 0.4) is 0 Å². The highest BCUT2D eigenvalue weighted by Gasteiger charge is 2.33. The van der Waals surface area contributed by atoms with Crippen LogP contribution in [0.15, 0.2) is 69.3 Å². The maximum atomic E-state index is 13.0. The fourth-order valence-electron chi connectivity index (χ4n) is 3.54. The average molecular weight is 477 g/mol. The normalized spacial score (nSPS) is 15.7. The van der Waals surface area contributed by atoms with Crippen molar-refractivity contribution in [2.45, 2.75) is 29.4 Å². The maximum Gasteiger partial charge on any atom is 0.185 e. The summed E-state index contributed by atoms with van der Waals surface area (Å²) in [6, 6.07) is 17.4. The lowest BCUT2D eigenvalue weighted by Crippen LogP contribution is -2.39. The van der Waals surface area contributed by atoms with Gasteiger partial charge in [0.25, 0.3) is 0 Å². The number of sulfone groups is 1. The highest BCUT2D eigenvalue weighted by molar-refractivity contribution is 9.10. The maximum absolute atomic E-state index is 13.0. The van der Waals surface area contributed by atoms with Crippen LogP contribution in [-0.4, -0.2) is 31.7 Å². The van der Waals surface area contributed by atoms with E-state index in [-0.39, 0.29) is 5.25 Å². The van der Waals surface area contributed by atoms with E-state index >= 15 is 0 Å². The number of aromatic nitrogens is 1. The molecule has 0 aliphatic carbocycles. The fraction of sp³-hybridized carbons (Fsp3) is 0.286. The van der Waals surface area contributed by atoms with Crippen LogP contribution in [0.2, 0.25) is 0 Å². The van der Waals surface area contributed by atoms with E-state index in [2.05, 4.69) is 38.3 Å². The number of nitrogens with zero attached hydrogens (tertiary/aromatic N) is 2. The summed E-state index contributed by atoms with van der Waals surface area (Å²) in [5.74, 6) is 0. The SMILES string of the molecule is O=S(=O)(c1ccccc1Br)C1CCN(c2nc(Cc3ccccc3)cs2)CC1. The van der Waals surface area contributed by atoms with Crippen molar-refractivity contribution in [1.29, 1.82) is 0 Å². The molecule has 0 saturated carbocycles. The van der Waals surface area contributed by atoms with Gasteiger partial charge in [-0.3, -0.25) is 0 Å². The van der Waals surface area contributed by atoms with Crippen LogP contribution in [0.5, 0.6) is 0 Å². The van der Waals surface area contributed by atoms with Crippen molar-refractivity contribution in [3.05, 3.63) is 75.7 Å². The largest absolute Gasteiger partial charge is 0.348 e. The molecule has 2 aromatic carbocycles. The Hall–Kier alpha value is -1.70. The van der Waals surface area contributed by atoms with Crippen LogP contribution in [0.4, 0.5) is 5.13 Å². The summed E-state index contributed by atoms with van der Waals surface area (Å²) in [5.41, 5.74) is 2.31. The second-order valence-corrected chi connectivity index (χ2v) is 10.8. The number of thiazole rings is 1. The summed E-state index contributed by atoms with van der Waals surface area (Å²) in [4.78, 5) is 7.39. The number of hydrogen-bond donors (Lipinski definition) is 0. The second-order valence-electron chi connectivity index (χ2n) is 6.95. The molecule has 0 bridgehead atoms. The van der Waals surface area contributed by atoms with E-state index in [1.165, 1.54) is 5.56 Å². The minimum atomic E-state index is -3.32. The first kappa shape index (κ1) is 19.6. The Kier molecular flexibility index (Phi) is 5.85. The van der Waals surface area contributed by atoms with E-state index in [1.807, 2.05) is 24.3 Å². The third kappa shape index (κ3) is 4.16. The molecular formula is C21H21BrN2O2S2. The van der Waals surface area contributed by atoms with Gasteiger partial charge < -0.3 is 4.90 Å². The monoisotopic (exact) mass is 476 g/mol. The predicted molar refractivity (Wildman–Crippen MR) is 118 cm³/mol.